The number of aliphatic hydroxyl groups is 1. The minimum absolute atomic E-state index is 0.0603. The Labute approximate surface area is 225 Å². The Bertz CT molecular complexity index is 1490. The summed E-state index contributed by atoms with van der Waals surface area (Å²) in [6, 6.07) is 11.2. The Hall–Kier alpha value is -3.77. The van der Waals surface area contributed by atoms with Crippen LogP contribution in [0.3, 0.4) is 0 Å². The summed E-state index contributed by atoms with van der Waals surface area (Å²) in [5.74, 6) is 0.810. The van der Waals surface area contributed by atoms with Gasteiger partial charge in [-0.3, -0.25) is 9.88 Å². The summed E-state index contributed by atoms with van der Waals surface area (Å²) in [5, 5.41) is 13.1. The lowest BCUT2D eigenvalue weighted by Crippen LogP contribution is -2.36. The summed E-state index contributed by atoms with van der Waals surface area (Å²) in [7, 11) is 0. The van der Waals surface area contributed by atoms with Gasteiger partial charge in [0.1, 0.15) is 11.6 Å². The van der Waals surface area contributed by atoms with E-state index in [-0.39, 0.29) is 23.8 Å². The number of rotatable bonds is 6. The van der Waals surface area contributed by atoms with Crippen molar-refractivity contribution in [2.45, 2.75) is 31.7 Å². The van der Waals surface area contributed by atoms with E-state index in [0.29, 0.717) is 41.3 Å². The third-order valence-corrected chi connectivity index (χ3v) is 6.83. The second-order valence-electron chi connectivity index (χ2n) is 9.74. The molecule has 1 saturated heterocycles. The summed E-state index contributed by atoms with van der Waals surface area (Å²) >= 11 is 0. The first-order valence-electron chi connectivity index (χ1n) is 12.6. The van der Waals surface area contributed by atoms with Crippen molar-refractivity contribution in [2.75, 3.05) is 25.0 Å². The summed E-state index contributed by atoms with van der Waals surface area (Å²) in [6.45, 7) is 1.80. The lowest BCUT2D eigenvalue weighted by atomic mass is 9.99. The number of nitrogens with zero attached hydrogens (tertiary/aromatic N) is 4. The Balaban J connectivity index is 1.56. The minimum Gasteiger partial charge on any atom is -0.396 e. The number of anilines is 2. The number of nitrogens with one attached hydrogen (secondary N) is 1. The van der Waals surface area contributed by atoms with Crippen molar-refractivity contribution in [1.29, 1.82) is 0 Å². The zero-order chi connectivity index (χ0) is 28.5. The van der Waals surface area contributed by atoms with Gasteiger partial charge in [-0.25, -0.2) is 9.97 Å². The average molecular weight is 562 g/mol. The van der Waals surface area contributed by atoms with Crippen molar-refractivity contribution in [3.05, 3.63) is 77.7 Å². The molecule has 1 unspecified atom stereocenters. The van der Waals surface area contributed by atoms with Gasteiger partial charge in [-0.15, -0.1) is 0 Å². The zero-order valence-corrected chi connectivity index (χ0v) is 21.1. The molecule has 40 heavy (non-hydrogen) atoms. The van der Waals surface area contributed by atoms with Gasteiger partial charge in [-0.1, -0.05) is 6.07 Å². The summed E-state index contributed by atoms with van der Waals surface area (Å²) in [6.07, 6.45) is -6.01. The second-order valence-corrected chi connectivity index (χ2v) is 9.74. The molecule has 2 aromatic heterocycles. The molecule has 2 N–H and O–H groups in total. The van der Waals surface area contributed by atoms with Gasteiger partial charge in [-0.05, 0) is 73.8 Å². The number of halogens is 6. The van der Waals surface area contributed by atoms with E-state index in [0.717, 1.165) is 37.6 Å². The maximum absolute atomic E-state index is 13.7. The van der Waals surface area contributed by atoms with E-state index < -0.39 is 23.5 Å². The van der Waals surface area contributed by atoms with Crippen LogP contribution in [0.4, 0.5) is 37.8 Å². The van der Waals surface area contributed by atoms with Gasteiger partial charge in [0.25, 0.3) is 0 Å². The lowest BCUT2D eigenvalue weighted by molar-refractivity contribution is -0.138. The van der Waals surface area contributed by atoms with E-state index in [4.69, 9.17) is 0 Å². The number of hydrogen-bond acceptors (Lipinski definition) is 6. The van der Waals surface area contributed by atoms with Crippen LogP contribution in [0.25, 0.3) is 22.2 Å². The van der Waals surface area contributed by atoms with Gasteiger partial charge < -0.3 is 10.4 Å². The van der Waals surface area contributed by atoms with Crippen molar-refractivity contribution in [1.82, 2.24) is 19.9 Å². The predicted molar refractivity (Wildman–Crippen MR) is 138 cm³/mol. The normalized spacial score (nSPS) is 16.8. The van der Waals surface area contributed by atoms with Crippen molar-refractivity contribution >= 4 is 22.4 Å². The number of benzene rings is 2. The summed E-state index contributed by atoms with van der Waals surface area (Å²) < 4.78 is 80.1. The van der Waals surface area contributed by atoms with E-state index in [1.165, 1.54) is 36.5 Å². The molecule has 0 saturated carbocycles. The molecule has 2 aromatic carbocycles. The van der Waals surface area contributed by atoms with Crippen LogP contribution in [0.5, 0.6) is 0 Å². The quantitative estimate of drug-likeness (QED) is 0.256. The molecule has 210 valence electrons. The smallest absolute Gasteiger partial charge is 0.396 e. The first-order valence-corrected chi connectivity index (χ1v) is 12.6. The number of aromatic nitrogens is 3. The molecule has 0 radical (unpaired) electrons. The number of alkyl halides is 6. The van der Waals surface area contributed by atoms with Crippen LogP contribution in [0.1, 0.15) is 29.8 Å². The molecule has 3 heterocycles. The van der Waals surface area contributed by atoms with Crippen molar-refractivity contribution in [2.24, 2.45) is 5.92 Å². The summed E-state index contributed by atoms with van der Waals surface area (Å²) in [4.78, 5) is 15.3. The molecule has 1 aliphatic rings. The van der Waals surface area contributed by atoms with Crippen LogP contribution < -0.4 is 5.32 Å². The molecule has 0 spiro atoms. The Kier molecular flexibility index (Phi) is 7.65. The van der Waals surface area contributed by atoms with Crippen LogP contribution in [0, 0.1) is 5.92 Å². The number of fused-ring (bicyclic) bond motifs is 1. The van der Waals surface area contributed by atoms with Crippen molar-refractivity contribution < 1.29 is 31.4 Å². The largest absolute Gasteiger partial charge is 0.418 e. The lowest BCUT2D eigenvalue weighted by Gasteiger charge is -2.31. The van der Waals surface area contributed by atoms with E-state index in [9.17, 15) is 31.4 Å². The first-order chi connectivity index (χ1) is 19.0. The molecule has 1 fully saturated rings. The van der Waals surface area contributed by atoms with Crippen molar-refractivity contribution in [3.63, 3.8) is 0 Å². The van der Waals surface area contributed by atoms with E-state index in [2.05, 4.69) is 25.2 Å². The number of aliphatic hydroxyl groups excluding tert-OH is 1. The average Bonchev–Trinajstić information content (AvgIpc) is 2.92. The number of hydrogen-bond donors (Lipinski definition) is 2. The molecule has 4 aromatic rings. The van der Waals surface area contributed by atoms with E-state index in [1.807, 2.05) is 0 Å². The zero-order valence-electron chi connectivity index (χ0n) is 21.1. The minimum atomic E-state index is -4.61. The number of likely N-dealkylation sites (tertiary alicyclic amines) is 1. The topological polar surface area (TPSA) is 74.2 Å². The maximum Gasteiger partial charge on any atom is 0.418 e. The fourth-order valence-electron chi connectivity index (χ4n) is 4.88. The highest BCUT2D eigenvalue weighted by molar-refractivity contribution is 5.93. The Morgan fingerprint density at radius 1 is 0.950 bits per heavy atom. The molecule has 5 rings (SSSR count). The Morgan fingerprint density at radius 2 is 1.73 bits per heavy atom. The van der Waals surface area contributed by atoms with Crippen molar-refractivity contribution in [3.8, 4) is 11.3 Å². The molecular formula is C28H25F6N5O. The van der Waals surface area contributed by atoms with Gasteiger partial charge in [0.2, 0.25) is 0 Å². The molecule has 12 heteroatoms. The van der Waals surface area contributed by atoms with Crippen LogP contribution in [0.2, 0.25) is 0 Å². The molecule has 6 nitrogen and oxygen atoms in total. The van der Waals surface area contributed by atoms with Crippen LogP contribution >= 0.6 is 0 Å². The van der Waals surface area contributed by atoms with E-state index >= 15 is 0 Å². The third kappa shape index (κ3) is 6.18. The number of pyridine rings is 1. The molecular weight excluding hydrogens is 536 g/mol. The van der Waals surface area contributed by atoms with Gasteiger partial charge in [0.05, 0.1) is 28.9 Å². The monoisotopic (exact) mass is 561 g/mol. The van der Waals surface area contributed by atoms with Gasteiger partial charge in [0.15, 0.2) is 0 Å². The van der Waals surface area contributed by atoms with Gasteiger partial charge >= 0.3 is 12.4 Å². The second kappa shape index (κ2) is 11.0. The standard InChI is InChI=1S/C28H25F6N5O/c29-27(30,31)19-6-8-20(9-7-19)36-26-21-10-5-18(25-22(28(32,33)34)4-1-11-35-25)13-23(21)37-24(38-26)15-39-12-2-3-17(14-39)16-40/h1,4-11,13,17,40H,2-3,12,14-16H2,(H,36,37,38). The van der Waals surface area contributed by atoms with Crippen LogP contribution in [-0.2, 0) is 18.9 Å². The van der Waals surface area contributed by atoms with Crippen LogP contribution in [0.15, 0.2) is 60.8 Å². The molecule has 1 aliphatic heterocycles. The summed E-state index contributed by atoms with van der Waals surface area (Å²) in [5.41, 5.74) is -0.998. The fraction of sp³-hybridized carbons (Fsp3) is 0.321. The molecule has 0 bridgehead atoms. The van der Waals surface area contributed by atoms with E-state index in [1.54, 1.807) is 6.07 Å². The highest BCUT2D eigenvalue weighted by Crippen LogP contribution is 2.37. The molecule has 0 amide bonds. The molecule has 0 aliphatic carbocycles. The highest BCUT2D eigenvalue weighted by atomic mass is 19.4. The number of piperidine rings is 1. The predicted octanol–water partition coefficient (Wildman–Crippen LogP) is 6.68. The Morgan fingerprint density at radius 3 is 2.42 bits per heavy atom. The fourth-order valence-corrected chi connectivity index (χ4v) is 4.88. The SMILES string of the molecule is OCC1CCCN(Cc2nc(Nc3ccc(C(F)(F)F)cc3)c3ccc(-c4ncccc4C(F)(F)F)cc3n2)C1. The molecule has 1 atom stereocenters. The van der Waals surface area contributed by atoms with Gasteiger partial charge in [0, 0.05) is 36.0 Å². The highest BCUT2D eigenvalue weighted by Gasteiger charge is 2.34. The first kappa shape index (κ1) is 27.8. The third-order valence-electron chi connectivity index (χ3n) is 6.83. The van der Waals surface area contributed by atoms with Gasteiger partial charge in [-0.2, -0.15) is 26.3 Å². The van der Waals surface area contributed by atoms with Crippen LogP contribution in [-0.4, -0.2) is 44.7 Å². The maximum atomic E-state index is 13.7.